The summed E-state index contributed by atoms with van der Waals surface area (Å²) in [6.07, 6.45) is 2.74. The predicted octanol–water partition coefficient (Wildman–Crippen LogP) is 8.36. The van der Waals surface area contributed by atoms with Crippen molar-refractivity contribution in [2.45, 2.75) is 13.3 Å². The van der Waals surface area contributed by atoms with Crippen molar-refractivity contribution in [2.75, 3.05) is 36.6 Å². The van der Waals surface area contributed by atoms with Gasteiger partial charge in [0.1, 0.15) is 23.3 Å². The molecule has 0 bridgehead atoms. The number of thiophene rings is 1. The molecule has 43 heavy (non-hydrogen) atoms. The number of thioether (sulfide) groups is 1. The van der Waals surface area contributed by atoms with Crippen molar-refractivity contribution in [3.8, 4) is 45.0 Å². The zero-order chi connectivity index (χ0) is 29.4. The molecule has 216 valence electrons. The van der Waals surface area contributed by atoms with E-state index in [9.17, 15) is 5.26 Å². The molecule has 1 saturated heterocycles. The zero-order valence-corrected chi connectivity index (χ0v) is 25.5. The van der Waals surface area contributed by atoms with Crippen LogP contribution in [0.1, 0.15) is 16.9 Å². The molecule has 5 aromatic rings. The average molecular weight is 606 g/mol. The molecule has 9 heteroatoms. The zero-order valence-electron chi connectivity index (χ0n) is 23.8. The van der Waals surface area contributed by atoms with Gasteiger partial charge in [-0.15, -0.1) is 23.1 Å². The minimum Gasteiger partial charge on any atom is -0.493 e. The van der Waals surface area contributed by atoms with Gasteiger partial charge >= 0.3 is 0 Å². The third kappa shape index (κ3) is 7.17. The molecule has 3 aromatic carbocycles. The molecule has 6 rings (SSSR count). The Kier molecular flexibility index (Phi) is 9.19. The Morgan fingerprint density at radius 2 is 1.81 bits per heavy atom. The van der Waals surface area contributed by atoms with Crippen molar-refractivity contribution in [3.63, 3.8) is 0 Å². The Morgan fingerprint density at radius 3 is 2.65 bits per heavy atom. The van der Waals surface area contributed by atoms with Crippen molar-refractivity contribution < 1.29 is 9.47 Å². The van der Waals surface area contributed by atoms with Crippen LogP contribution < -0.4 is 14.8 Å². The molecule has 0 saturated carbocycles. The number of para-hydroxylation sites is 1. The van der Waals surface area contributed by atoms with E-state index in [-0.39, 0.29) is 0 Å². The van der Waals surface area contributed by atoms with Crippen LogP contribution in [0.15, 0.2) is 91.1 Å². The van der Waals surface area contributed by atoms with Gasteiger partial charge in [0.2, 0.25) is 5.95 Å². The van der Waals surface area contributed by atoms with Gasteiger partial charge in [-0.05, 0) is 61.4 Å². The molecule has 0 aliphatic carbocycles. The second-order valence-electron chi connectivity index (χ2n) is 10.1. The fourth-order valence-corrected chi connectivity index (χ4v) is 7.05. The number of hydrogen-bond acceptors (Lipinski definition) is 9. The van der Waals surface area contributed by atoms with E-state index in [1.54, 1.807) is 17.5 Å². The molecule has 0 unspecified atom stereocenters. The number of nitrogens with one attached hydrogen (secondary N) is 1. The second kappa shape index (κ2) is 13.7. The molecule has 1 aliphatic heterocycles. The number of anilines is 2. The maximum Gasteiger partial charge on any atom is 0.227 e. The highest BCUT2D eigenvalue weighted by atomic mass is 32.2. The second-order valence-corrected chi connectivity index (χ2v) is 12.4. The van der Waals surface area contributed by atoms with E-state index in [1.165, 1.54) is 12.3 Å². The Bertz CT molecular complexity index is 1730. The van der Waals surface area contributed by atoms with Crippen molar-refractivity contribution in [2.24, 2.45) is 0 Å². The van der Waals surface area contributed by atoms with Gasteiger partial charge in [-0.2, -0.15) is 5.26 Å². The van der Waals surface area contributed by atoms with E-state index in [0.717, 1.165) is 62.6 Å². The number of aromatic nitrogens is 2. The SMILES string of the molecule is Cc1sc(-c2ccnc(Nc3cccc(OCCCN4CCSC4)c3)n2)c(-c2cccc(Oc3ccccc3)c2)c1C#N. The van der Waals surface area contributed by atoms with Gasteiger partial charge in [0, 0.05) is 53.1 Å². The third-order valence-electron chi connectivity index (χ3n) is 6.99. The molecule has 1 fully saturated rings. The van der Waals surface area contributed by atoms with Crippen molar-refractivity contribution in [1.82, 2.24) is 14.9 Å². The molecule has 0 amide bonds. The topological polar surface area (TPSA) is 83.3 Å². The molecule has 1 aliphatic rings. The highest BCUT2D eigenvalue weighted by Gasteiger charge is 2.21. The highest BCUT2D eigenvalue weighted by Crippen LogP contribution is 2.43. The molecular weight excluding hydrogens is 575 g/mol. The van der Waals surface area contributed by atoms with E-state index in [4.69, 9.17) is 14.5 Å². The fourth-order valence-electron chi connectivity index (χ4n) is 4.92. The number of ether oxygens (including phenoxy) is 2. The van der Waals surface area contributed by atoms with Crippen molar-refractivity contribution >= 4 is 34.7 Å². The first-order chi connectivity index (χ1) is 21.2. The number of nitrogens with zero attached hydrogens (tertiary/aromatic N) is 4. The van der Waals surface area contributed by atoms with Gasteiger partial charge in [0.05, 0.1) is 22.7 Å². The maximum atomic E-state index is 10.1. The van der Waals surface area contributed by atoms with Crippen LogP contribution in [-0.4, -0.2) is 46.2 Å². The van der Waals surface area contributed by atoms with Crippen LogP contribution in [0.5, 0.6) is 17.2 Å². The van der Waals surface area contributed by atoms with E-state index in [1.807, 2.05) is 104 Å². The maximum absolute atomic E-state index is 10.1. The van der Waals surface area contributed by atoms with E-state index >= 15 is 0 Å². The number of rotatable bonds is 11. The third-order valence-corrected chi connectivity index (χ3v) is 9.14. The highest BCUT2D eigenvalue weighted by molar-refractivity contribution is 7.99. The summed E-state index contributed by atoms with van der Waals surface area (Å²) < 4.78 is 12.1. The fraction of sp³-hybridized carbons (Fsp3) is 0.206. The van der Waals surface area contributed by atoms with Crippen molar-refractivity contribution in [3.05, 3.63) is 102 Å². The first kappa shape index (κ1) is 28.7. The van der Waals surface area contributed by atoms with Gasteiger partial charge in [0.25, 0.3) is 0 Å². The normalized spacial score (nSPS) is 13.0. The van der Waals surface area contributed by atoms with Crippen LogP contribution in [0.4, 0.5) is 11.6 Å². The molecule has 0 atom stereocenters. The number of hydrogen-bond donors (Lipinski definition) is 1. The summed E-state index contributed by atoms with van der Waals surface area (Å²) in [7, 11) is 0. The smallest absolute Gasteiger partial charge is 0.227 e. The molecule has 0 spiro atoms. The molecule has 0 radical (unpaired) electrons. The van der Waals surface area contributed by atoms with Crippen LogP contribution in [-0.2, 0) is 0 Å². The van der Waals surface area contributed by atoms with Gasteiger partial charge < -0.3 is 14.8 Å². The lowest BCUT2D eigenvalue weighted by Gasteiger charge is -2.14. The van der Waals surface area contributed by atoms with E-state index in [0.29, 0.717) is 23.9 Å². The summed E-state index contributed by atoms with van der Waals surface area (Å²) in [6.45, 7) is 4.88. The van der Waals surface area contributed by atoms with Crippen LogP contribution in [0.2, 0.25) is 0 Å². The average Bonchev–Trinajstić information content (AvgIpc) is 3.68. The minimum absolute atomic E-state index is 0.470. The van der Waals surface area contributed by atoms with Crippen LogP contribution in [0.25, 0.3) is 21.7 Å². The lowest BCUT2D eigenvalue weighted by molar-refractivity contribution is 0.269. The summed E-state index contributed by atoms with van der Waals surface area (Å²) in [5.74, 6) is 5.08. The summed E-state index contributed by atoms with van der Waals surface area (Å²) in [6, 6.07) is 29.6. The van der Waals surface area contributed by atoms with Crippen LogP contribution in [0, 0.1) is 18.3 Å². The lowest BCUT2D eigenvalue weighted by atomic mass is 9.99. The minimum atomic E-state index is 0.470. The van der Waals surface area contributed by atoms with E-state index in [2.05, 4.69) is 21.3 Å². The monoisotopic (exact) mass is 605 g/mol. The molecule has 1 N–H and O–H groups in total. The first-order valence-corrected chi connectivity index (χ1v) is 16.1. The molecular formula is C34H31N5O2S2. The molecule has 2 aromatic heterocycles. The predicted molar refractivity (Wildman–Crippen MR) is 175 cm³/mol. The van der Waals surface area contributed by atoms with Gasteiger partial charge in [-0.3, -0.25) is 4.90 Å². The molecule has 7 nitrogen and oxygen atoms in total. The number of aryl methyl sites for hydroxylation is 1. The standard InChI is InChI=1S/C34H31N5O2S2/c1-24-30(22-35)32(25-8-5-13-29(20-25)41-27-10-3-2-4-11-27)33(43-24)31-14-15-36-34(38-31)37-26-9-6-12-28(21-26)40-18-7-16-39-17-19-42-23-39/h2-6,8-15,20-21H,7,16-19,23H2,1H3,(H,36,37,38). The van der Waals surface area contributed by atoms with Crippen molar-refractivity contribution in [1.29, 1.82) is 5.26 Å². The number of benzene rings is 3. The Morgan fingerprint density at radius 1 is 0.977 bits per heavy atom. The van der Waals surface area contributed by atoms with Gasteiger partial charge in [-0.1, -0.05) is 36.4 Å². The quantitative estimate of drug-likeness (QED) is 0.150. The van der Waals surface area contributed by atoms with Gasteiger partial charge in [-0.25, -0.2) is 9.97 Å². The Balaban J connectivity index is 1.21. The lowest BCUT2D eigenvalue weighted by Crippen LogP contribution is -2.22. The molecule has 3 heterocycles. The number of nitriles is 1. The largest absolute Gasteiger partial charge is 0.493 e. The van der Waals surface area contributed by atoms with Crippen LogP contribution >= 0.6 is 23.1 Å². The Labute approximate surface area is 260 Å². The summed E-state index contributed by atoms with van der Waals surface area (Å²) in [5.41, 5.74) is 3.96. The van der Waals surface area contributed by atoms with Crippen LogP contribution in [0.3, 0.4) is 0 Å². The first-order valence-electron chi connectivity index (χ1n) is 14.2. The summed E-state index contributed by atoms with van der Waals surface area (Å²) >= 11 is 3.54. The van der Waals surface area contributed by atoms with Gasteiger partial charge in [0.15, 0.2) is 0 Å². The van der Waals surface area contributed by atoms with E-state index < -0.39 is 0 Å². The summed E-state index contributed by atoms with van der Waals surface area (Å²) in [5, 5.41) is 13.4. The Hall–Kier alpha value is -4.36. The summed E-state index contributed by atoms with van der Waals surface area (Å²) in [4.78, 5) is 13.6.